The van der Waals surface area contributed by atoms with Gasteiger partial charge in [0.25, 0.3) is 0 Å². The first-order valence-electron chi connectivity index (χ1n) is 11.5. The van der Waals surface area contributed by atoms with Crippen molar-refractivity contribution in [3.63, 3.8) is 0 Å². The standard InChI is InChI=1S/C23H33N5O5.HI/c1-3-33-23(31)27-16-14-26(15-17-27)22(30)28(18-9-11-19(32-2)12-10-18)21(29)25-20-8-6-4-5-7-13-24-20;/h9-12H,3-8,13-17H2,1-2H3,(H,24,25,29);1H. The number of amides is 5. The van der Waals surface area contributed by atoms with Gasteiger partial charge >= 0.3 is 18.2 Å². The molecule has 188 valence electrons. The molecule has 0 unspecified atom stereocenters. The number of hydrogen-bond acceptors (Lipinski definition) is 5. The minimum absolute atomic E-state index is 0. The summed E-state index contributed by atoms with van der Waals surface area (Å²) < 4.78 is 10.2. The van der Waals surface area contributed by atoms with E-state index in [1.165, 1.54) is 0 Å². The second-order valence-corrected chi connectivity index (χ2v) is 7.92. The molecule has 11 heteroatoms. The number of rotatable bonds is 3. The van der Waals surface area contributed by atoms with Crippen LogP contribution in [0.3, 0.4) is 0 Å². The average molecular weight is 587 g/mol. The number of methoxy groups -OCH3 is 1. The highest BCUT2D eigenvalue weighted by Crippen LogP contribution is 2.22. The highest BCUT2D eigenvalue weighted by molar-refractivity contribution is 14.0. The Morgan fingerprint density at radius 3 is 2.29 bits per heavy atom. The molecule has 2 fully saturated rings. The van der Waals surface area contributed by atoms with Crippen LogP contribution in [-0.4, -0.2) is 80.2 Å². The van der Waals surface area contributed by atoms with E-state index in [4.69, 9.17) is 9.47 Å². The number of urea groups is 2. The van der Waals surface area contributed by atoms with Crippen LogP contribution in [0.1, 0.15) is 39.0 Å². The minimum Gasteiger partial charge on any atom is -0.497 e. The molecule has 1 aromatic rings. The lowest BCUT2D eigenvalue weighted by molar-refractivity contribution is 0.0862. The van der Waals surface area contributed by atoms with Crippen LogP contribution in [0.5, 0.6) is 5.75 Å². The van der Waals surface area contributed by atoms with E-state index in [9.17, 15) is 14.4 Å². The normalized spacial score (nSPS) is 17.5. The van der Waals surface area contributed by atoms with Gasteiger partial charge in [-0.3, -0.25) is 0 Å². The van der Waals surface area contributed by atoms with E-state index in [1.807, 2.05) is 0 Å². The molecule has 1 aromatic carbocycles. The molecule has 1 N–H and O–H groups in total. The largest absolute Gasteiger partial charge is 0.497 e. The van der Waals surface area contributed by atoms with Crippen molar-refractivity contribution in [2.75, 3.05) is 51.3 Å². The number of hydrogen-bond donors (Lipinski definition) is 1. The van der Waals surface area contributed by atoms with Crippen molar-refractivity contribution < 1.29 is 23.9 Å². The van der Waals surface area contributed by atoms with Crippen molar-refractivity contribution >= 4 is 53.7 Å². The lowest BCUT2D eigenvalue weighted by Crippen LogP contribution is -2.55. The van der Waals surface area contributed by atoms with Crippen LogP contribution in [0, 0.1) is 0 Å². The molecule has 5 amide bonds. The maximum Gasteiger partial charge on any atom is 0.409 e. The van der Waals surface area contributed by atoms with E-state index < -0.39 is 18.2 Å². The van der Waals surface area contributed by atoms with Crippen LogP contribution in [0.25, 0.3) is 0 Å². The Balaban J connectivity index is 0.00000408. The lowest BCUT2D eigenvalue weighted by atomic mass is 10.1. The van der Waals surface area contributed by atoms with Gasteiger partial charge in [0.05, 0.1) is 19.4 Å². The number of ether oxygens (including phenoxy) is 2. The van der Waals surface area contributed by atoms with Gasteiger partial charge in [-0.25, -0.2) is 19.3 Å². The van der Waals surface area contributed by atoms with Crippen LogP contribution >= 0.6 is 24.0 Å². The highest BCUT2D eigenvalue weighted by Gasteiger charge is 2.32. The number of carbonyl (C=O) groups excluding carboxylic acids is 3. The van der Waals surface area contributed by atoms with Crippen LogP contribution in [0.15, 0.2) is 29.3 Å². The number of piperazine rings is 1. The maximum atomic E-state index is 13.4. The van der Waals surface area contributed by atoms with Gasteiger partial charge in [0, 0.05) is 39.1 Å². The molecule has 0 bridgehead atoms. The monoisotopic (exact) mass is 587 g/mol. The number of carbonyl (C=O) groups is 3. The van der Waals surface area contributed by atoms with Gasteiger partial charge < -0.3 is 24.6 Å². The zero-order valence-electron chi connectivity index (χ0n) is 19.8. The maximum absolute atomic E-state index is 13.4. The van der Waals surface area contributed by atoms with Crippen molar-refractivity contribution in [1.29, 1.82) is 0 Å². The Morgan fingerprint density at radius 1 is 1.00 bits per heavy atom. The molecule has 0 aromatic heterocycles. The molecule has 2 saturated heterocycles. The van der Waals surface area contributed by atoms with Gasteiger partial charge in [-0.05, 0) is 44.0 Å². The summed E-state index contributed by atoms with van der Waals surface area (Å²) in [5, 5.41) is 3.23. The Morgan fingerprint density at radius 2 is 1.65 bits per heavy atom. The van der Waals surface area contributed by atoms with Gasteiger partial charge in [-0.1, -0.05) is 12.8 Å². The van der Waals surface area contributed by atoms with E-state index in [-0.39, 0.29) is 24.0 Å². The Kier molecular flexibility index (Phi) is 11.4. The first-order valence-corrected chi connectivity index (χ1v) is 11.5. The Bertz CT molecular complexity index is 846. The van der Waals surface area contributed by atoms with Gasteiger partial charge in [-0.2, -0.15) is 4.99 Å². The van der Waals surface area contributed by atoms with Crippen molar-refractivity contribution in [2.24, 2.45) is 4.99 Å². The van der Waals surface area contributed by atoms with Crippen molar-refractivity contribution in [3.8, 4) is 5.75 Å². The topological polar surface area (TPSA) is 104 Å². The summed E-state index contributed by atoms with van der Waals surface area (Å²) in [6.45, 7) is 4.09. The van der Waals surface area contributed by atoms with Gasteiger partial charge in [0.2, 0.25) is 0 Å². The number of nitrogens with one attached hydrogen (secondary N) is 1. The molecule has 10 nitrogen and oxygen atoms in total. The third kappa shape index (κ3) is 7.47. The van der Waals surface area contributed by atoms with Crippen molar-refractivity contribution in [3.05, 3.63) is 24.3 Å². The number of imide groups is 1. The first-order chi connectivity index (χ1) is 16.0. The van der Waals surface area contributed by atoms with E-state index in [2.05, 4.69) is 10.3 Å². The predicted molar refractivity (Wildman–Crippen MR) is 140 cm³/mol. The smallest absolute Gasteiger partial charge is 0.409 e. The first kappa shape index (κ1) is 27.7. The van der Waals surface area contributed by atoms with Crippen molar-refractivity contribution in [2.45, 2.75) is 39.0 Å². The minimum atomic E-state index is -0.638. The summed E-state index contributed by atoms with van der Waals surface area (Å²) in [6.07, 6.45) is 4.51. The molecule has 0 spiro atoms. The van der Waals surface area contributed by atoms with E-state index >= 15 is 0 Å². The van der Waals surface area contributed by atoms with Crippen LogP contribution in [-0.2, 0) is 4.74 Å². The molecular weight excluding hydrogens is 553 g/mol. The number of halogens is 1. The van der Waals surface area contributed by atoms with E-state index in [0.717, 1.165) is 37.1 Å². The molecule has 0 saturated carbocycles. The summed E-state index contributed by atoms with van der Waals surface area (Å²) in [5.74, 6) is 1.23. The molecule has 0 radical (unpaired) electrons. The number of aliphatic imine (C=N–C) groups is 1. The number of anilines is 1. The fourth-order valence-electron chi connectivity index (χ4n) is 3.82. The third-order valence-electron chi connectivity index (χ3n) is 5.69. The summed E-state index contributed by atoms with van der Waals surface area (Å²) in [7, 11) is 1.55. The SMILES string of the molecule is CCOC(=O)N1CCN(C(=O)N(C(=O)N=C2CCCCCCN2)c2ccc(OC)cc2)CC1.I. The predicted octanol–water partition coefficient (Wildman–Crippen LogP) is 4.09. The van der Waals surface area contributed by atoms with Crippen molar-refractivity contribution in [1.82, 2.24) is 15.1 Å². The molecule has 34 heavy (non-hydrogen) atoms. The Labute approximate surface area is 217 Å². The van der Waals surface area contributed by atoms with Crippen LogP contribution < -0.4 is 15.0 Å². The number of nitrogens with zero attached hydrogens (tertiary/aromatic N) is 4. The summed E-state index contributed by atoms with van der Waals surface area (Å²) in [6, 6.07) is 5.61. The highest BCUT2D eigenvalue weighted by atomic mass is 127. The fraction of sp³-hybridized carbons (Fsp3) is 0.565. The lowest BCUT2D eigenvalue weighted by Gasteiger charge is -2.36. The number of amidine groups is 1. The summed E-state index contributed by atoms with van der Waals surface area (Å²) in [5.41, 5.74) is 0.411. The quantitative estimate of drug-likeness (QED) is 0.535. The molecule has 2 aliphatic rings. The van der Waals surface area contributed by atoms with Gasteiger partial charge in [0.1, 0.15) is 11.6 Å². The second-order valence-electron chi connectivity index (χ2n) is 7.92. The Hall–Kier alpha value is -2.57. The van der Waals surface area contributed by atoms with Crippen LogP contribution in [0.2, 0.25) is 0 Å². The average Bonchev–Trinajstić information content (AvgIpc) is 2.81. The molecule has 2 aliphatic heterocycles. The molecule has 0 atom stereocenters. The zero-order valence-corrected chi connectivity index (χ0v) is 22.2. The molecule has 0 aliphatic carbocycles. The second kappa shape index (κ2) is 14.0. The van der Waals surface area contributed by atoms with Crippen LogP contribution in [0.4, 0.5) is 20.1 Å². The molecule has 3 rings (SSSR count). The number of benzene rings is 1. The summed E-state index contributed by atoms with van der Waals surface area (Å²) in [4.78, 5) is 47.1. The van der Waals surface area contributed by atoms with Gasteiger partial charge in [0.15, 0.2) is 0 Å². The summed E-state index contributed by atoms with van der Waals surface area (Å²) >= 11 is 0. The molecular formula is C23H34IN5O5. The van der Waals surface area contributed by atoms with E-state index in [0.29, 0.717) is 56.5 Å². The van der Waals surface area contributed by atoms with E-state index in [1.54, 1.807) is 48.1 Å². The van der Waals surface area contributed by atoms with Gasteiger partial charge in [-0.15, -0.1) is 24.0 Å². The molecule has 2 heterocycles. The zero-order chi connectivity index (χ0) is 23.6. The fourth-order valence-corrected chi connectivity index (χ4v) is 3.82. The third-order valence-corrected chi connectivity index (χ3v) is 5.69.